The number of ether oxygens (including phenoxy) is 1. The van der Waals surface area contributed by atoms with Crippen LogP contribution in [-0.4, -0.2) is 76.9 Å². The summed E-state index contributed by atoms with van der Waals surface area (Å²) in [4.78, 5) is 17.8. The highest BCUT2D eigenvalue weighted by Gasteiger charge is 2.35. The third-order valence-corrected chi connectivity index (χ3v) is 9.81. The van der Waals surface area contributed by atoms with Crippen molar-refractivity contribution in [2.75, 3.05) is 43.5 Å². The van der Waals surface area contributed by atoms with Crippen LogP contribution < -0.4 is 20.7 Å². The number of rotatable bonds is 7. The second kappa shape index (κ2) is 11.0. The average Bonchev–Trinajstić information content (AvgIpc) is 3.67. The molecule has 8 nitrogen and oxygen atoms in total. The van der Waals surface area contributed by atoms with Crippen molar-refractivity contribution in [3.05, 3.63) is 34.9 Å². The molecule has 0 amide bonds. The quantitative estimate of drug-likeness (QED) is 0.278. The molecule has 2 bridgehead atoms. The fourth-order valence-corrected chi connectivity index (χ4v) is 7.78. The van der Waals surface area contributed by atoms with Crippen molar-refractivity contribution < 1.29 is 17.9 Å². The van der Waals surface area contributed by atoms with Crippen molar-refractivity contribution in [3.8, 4) is 17.1 Å². The van der Waals surface area contributed by atoms with Gasteiger partial charge in [-0.15, -0.1) is 0 Å². The number of nitrogens with two attached hydrogens (primary N) is 1. The van der Waals surface area contributed by atoms with E-state index in [0.29, 0.717) is 48.5 Å². The Morgan fingerprint density at radius 3 is 2.69 bits per heavy atom. The largest absolute Gasteiger partial charge is 0.459 e. The van der Waals surface area contributed by atoms with Gasteiger partial charge in [0.1, 0.15) is 29.9 Å². The Labute approximate surface area is 250 Å². The van der Waals surface area contributed by atoms with Gasteiger partial charge in [0.25, 0.3) is 0 Å². The zero-order chi connectivity index (χ0) is 29.1. The number of benzene rings is 2. The number of thiazole rings is 1. The summed E-state index contributed by atoms with van der Waals surface area (Å²) >= 11 is 7.77. The Balaban J connectivity index is 1.34. The number of alkyl halides is 1. The number of nitrogens with zero attached hydrogens (tertiary/aromatic N) is 5. The van der Waals surface area contributed by atoms with Crippen molar-refractivity contribution in [2.24, 2.45) is 0 Å². The van der Waals surface area contributed by atoms with E-state index in [4.69, 9.17) is 27.1 Å². The van der Waals surface area contributed by atoms with Gasteiger partial charge in [0.15, 0.2) is 10.9 Å². The van der Waals surface area contributed by atoms with E-state index in [1.807, 2.05) is 6.92 Å². The normalized spacial score (nSPS) is 23.4. The number of nitrogens with one attached hydrogen (secondary N) is 1. The molecule has 3 fully saturated rings. The topological polar surface area (TPSA) is 92.4 Å². The highest BCUT2D eigenvalue weighted by atomic mass is 35.5. The molecule has 0 radical (unpaired) electrons. The van der Waals surface area contributed by atoms with E-state index in [2.05, 4.69) is 25.1 Å². The fourth-order valence-electron chi connectivity index (χ4n) is 6.72. The molecule has 2 aromatic carbocycles. The van der Waals surface area contributed by atoms with Crippen LogP contribution in [-0.2, 0) is 0 Å². The van der Waals surface area contributed by atoms with E-state index in [1.165, 1.54) is 12.1 Å². The zero-order valence-electron chi connectivity index (χ0n) is 23.0. The summed E-state index contributed by atoms with van der Waals surface area (Å²) in [6, 6.07) is 4.94. The number of piperazine rings is 1. The van der Waals surface area contributed by atoms with Crippen LogP contribution in [0.25, 0.3) is 32.2 Å². The van der Waals surface area contributed by atoms with E-state index >= 15 is 4.39 Å². The summed E-state index contributed by atoms with van der Waals surface area (Å²) in [5.41, 5.74) is 6.57. The van der Waals surface area contributed by atoms with Gasteiger partial charge in [-0.3, -0.25) is 4.90 Å². The smallest absolute Gasteiger partial charge is 0.319 e. The first-order valence-corrected chi connectivity index (χ1v) is 15.5. The Morgan fingerprint density at radius 1 is 1.14 bits per heavy atom. The number of nitrogen functional groups attached to an aromatic ring is 1. The lowest BCUT2D eigenvalue weighted by Crippen LogP contribution is -2.51. The molecule has 4 aromatic rings. The van der Waals surface area contributed by atoms with E-state index in [1.54, 1.807) is 6.07 Å². The minimum atomic E-state index is -0.673. The van der Waals surface area contributed by atoms with Crippen molar-refractivity contribution in [1.82, 2.24) is 25.2 Å². The van der Waals surface area contributed by atoms with Crippen LogP contribution in [0.2, 0.25) is 5.02 Å². The van der Waals surface area contributed by atoms with Crippen LogP contribution >= 0.6 is 22.9 Å². The lowest BCUT2D eigenvalue weighted by atomic mass is 10.0. The maximum Gasteiger partial charge on any atom is 0.319 e. The molecular weight excluding hydrogens is 587 g/mol. The van der Waals surface area contributed by atoms with Crippen LogP contribution in [0.15, 0.2) is 18.2 Å². The second-order valence-electron chi connectivity index (χ2n) is 11.5. The van der Waals surface area contributed by atoms with Gasteiger partial charge in [-0.05, 0) is 57.4 Å². The number of hydrogen-bond donors (Lipinski definition) is 2. The summed E-state index contributed by atoms with van der Waals surface area (Å²) in [5.74, 6) is -0.609. The predicted molar refractivity (Wildman–Crippen MR) is 160 cm³/mol. The second-order valence-corrected chi connectivity index (χ2v) is 13.0. The molecule has 2 unspecified atom stereocenters. The highest BCUT2D eigenvalue weighted by Crippen LogP contribution is 2.43. The van der Waals surface area contributed by atoms with Gasteiger partial charge < -0.3 is 20.7 Å². The number of fused-ring (bicyclic) bond motifs is 4. The summed E-state index contributed by atoms with van der Waals surface area (Å²) in [7, 11) is 0. The van der Waals surface area contributed by atoms with Crippen LogP contribution in [0.5, 0.6) is 6.01 Å². The summed E-state index contributed by atoms with van der Waals surface area (Å²) in [6.07, 6.45) is 3.53. The maximum atomic E-state index is 16.6. The first-order valence-electron chi connectivity index (χ1n) is 14.3. The van der Waals surface area contributed by atoms with Gasteiger partial charge >= 0.3 is 6.01 Å². The molecular formula is C29H31ClF3N7OS. The highest BCUT2D eigenvalue weighted by molar-refractivity contribution is 7.22. The van der Waals surface area contributed by atoms with Gasteiger partial charge in [0.2, 0.25) is 0 Å². The average molecular weight is 618 g/mol. The molecule has 13 heteroatoms. The summed E-state index contributed by atoms with van der Waals surface area (Å²) < 4.78 is 51.1. The Kier molecular flexibility index (Phi) is 7.28. The molecule has 222 valence electrons. The third-order valence-electron chi connectivity index (χ3n) is 8.62. The van der Waals surface area contributed by atoms with Crippen LogP contribution in [0.4, 0.5) is 24.1 Å². The van der Waals surface area contributed by atoms with Gasteiger partial charge in [-0.25, -0.2) is 18.2 Å². The van der Waals surface area contributed by atoms with Gasteiger partial charge in [0.05, 0.1) is 15.2 Å². The number of likely N-dealkylation sites (tertiary alicyclic amines) is 1. The minimum absolute atomic E-state index is 0.0428. The molecule has 3 aliphatic rings. The molecule has 0 spiro atoms. The molecule has 3 N–H and O–H groups in total. The fraction of sp³-hybridized carbons (Fsp3) is 0.483. The molecule has 3 aliphatic heterocycles. The summed E-state index contributed by atoms with van der Waals surface area (Å²) in [5, 5.41) is 4.39. The van der Waals surface area contributed by atoms with Crippen molar-refractivity contribution >= 4 is 55.0 Å². The van der Waals surface area contributed by atoms with Gasteiger partial charge in [0, 0.05) is 54.3 Å². The van der Waals surface area contributed by atoms with Gasteiger partial charge in [-0.1, -0.05) is 22.9 Å². The van der Waals surface area contributed by atoms with Crippen LogP contribution in [0.1, 0.15) is 32.6 Å². The molecule has 0 aliphatic carbocycles. The first-order chi connectivity index (χ1) is 20.3. The Bertz CT molecular complexity index is 1660. The van der Waals surface area contributed by atoms with Crippen molar-refractivity contribution in [3.63, 3.8) is 0 Å². The monoisotopic (exact) mass is 617 g/mol. The first kappa shape index (κ1) is 27.9. The van der Waals surface area contributed by atoms with Crippen LogP contribution in [0, 0.1) is 11.6 Å². The Morgan fingerprint density at radius 2 is 1.93 bits per heavy atom. The number of halogens is 4. The predicted octanol–water partition coefficient (Wildman–Crippen LogP) is 5.56. The Hall–Kier alpha value is -2.93. The molecule has 2 aromatic heterocycles. The number of aromatic nitrogens is 3. The molecule has 4 atom stereocenters. The third kappa shape index (κ3) is 4.91. The molecule has 42 heavy (non-hydrogen) atoms. The van der Waals surface area contributed by atoms with Crippen molar-refractivity contribution in [1.29, 1.82) is 0 Å². The summed E-state index contributed by atoms with van der Waals surface area (Å²) in [6.45, 7) is 4.22. The molecule has 7 rings (SSSR count). The van der Waals surface area contributed by atoms with E-state index < -0.39 is 18.3 Å². The molecule has 5 heterocycles. The number of anilines is 2. The molecule has 3 saturated heterocycles. The maximum absolute atomic E-state index is 16.6. The van der Waals surface area contributed by atoms with E-state index in [9.17, 15) is 8.78 Å². The lowest BCUT2D eigenvalue weighted by Gasteiger charge is -2.34. The van der Waals surface area contributed by atoms with E-state index in [-0.39, 0.29) is 49.6 Å². The zero-order valence-corrected chi connectivity index (χ0v) is 24.6. The van der Waals surface area contributed by atoms with E-state index in [0.717, 1.165) is 43.6 Å². The minimum Gasteiger partial charge on any atom is -0.459 e. The van der Waals surface area contributed by atoms with Crippen molar-refractivity contribution in [2.45, 2.75) is 56.8 Å². The SMILES string of the molecule is C[C@@H](CN1CCC[C@@H]1CF)Oc1nc(N2CC3CCC(C2)N3)c2cc(Cl)c(-c3ccc(F)c4sc(N)nc34)c(F)c2n1. The van der Waals surface area contributed by atoms with Crippen LogP contribution in [0.3, 0.4) is 0 Å². The molecule has 0 saturated carbocycles. The standard InChI is InChI=1S/C29H31ClF3N7OS/c1-14(11-39-8-2-3-17(39)10-31)41-29-37-24-19(27(38-29)40-12-15-4-5-16(13-40)35-15)9-20(30)22(23(24)33)18-6-7-21(32)26-25(18)36-28(34)42-26/h6-7,9,14-17,35H,2-5,8,10-13H2,1H3,(H2,34,36)/t14-,15?,16?,17+/m0/s1. The lowest BCUT2D eigenvalue weighted by molar-refractivity contribution is 0.119. The number of hydrogen-bond acceptors (Lipinski definition) is 9. The van der Waals surface area contributed by atoms with Gasteiger partial charge in [-0.2, -0.15) is 9.97 Å².